The van der Waals surface area contributed by atoms with E-state index in [0.717, 1.165) is 62.2 Å². The van der Waals surface area contributed by atoms with Gasteiger partial charge in [0.15, 0.2) is 8.32 Å². The first-order valence-corrected chi connectivity index (χ1v) is 13.4. The van der Waals surface area contributed by atoms with Crippen LogP contribution in [0.5, 0.6) is 0 Å². The summed E-state index contributed by atoms with van der Waals surface area (Å²) >= 11 is 0. The van der Waals surface area contributed by atoms with Gasteiger partial charge in [-0.3, -0.25) is 0 Å². The molecule has 0 aliphatic heterocycles. The normalized spacial score (nSPS) is 19.9. The molecule has 0 radical (unpaired) electrons. The molecule has 2 rings (SSSR count). The SMILES string of the molecule is CCCC/C(=C1/CCCC1O[Si](CC)(CC)CC)c1ccc(C(F)(F)F)cc1. The molecule has 0 aromatic heterocycles. The van der Waals surface area contributed by atoms with E-state index in [1.165, 1.54) is 23.3 Å². The monoisotopic (exact) mass is 412 g/mol. The Bertz CT molecular complexity index is 637. The zero-order valence-corrected chi connectivity index (χ0v) is 18.8. The summed E-state index contributed by atoms with van der Waals surface area (Å²) in [7, 11) is -1.72. The molecule has 1 aliphatic rings. The summed E-state index contributed by atoms with van der Waals surface area (Å²) in [4.78, 5) is 0. The van der Waals surface area contributed by atoms with Crippen LogP contribution in [-0.2, 0) is 10.6 Å². The van der Waals surface area contributed by atoms with E-state index in [2.05, 4.69) is 27.7 Å². The van der Waals surface area contributed by atoms with Crippen molar-refractivity contribution in [3.8, 4) is 0 Å². The van der Waals surface area contributed by atoms with Crippen molar-refractivity contribution in [2.75, 3.05) is 0 Å². The highest BCUT2D eigenvalue weighted by Crippen LogP contribution is 2.40. The van der Waals surface area contributed by atoms with E-state index < -0.39 is 20.1 Å². The Labute approximate surface area is 169 Å². The summed E-state index contributed by atoms with van der Waals surface area (Å²) in [5.41, 5.74) is 2.93. The molecule has 1 aliphatic carbocycles. The smallest absolute Gasteiger partial charge is 0.410 e. The second-order valence-electron chi connectivity index (χ2n) is 7.92. The van der Waals surface area contributed by atoms with Gasteiger partial charge in [-0.1, -0.05) is 46.2 Å². The van der Waals surface area contributed by atoms with Crippen LogP contribution >= 0.6 is 0 Å². The number of hydrogen-bond acceptors (Lipinski definition) is 1. The third-order valence-corrected chi connectivity index (χ3v) is 11.0. The van der Waals surface area contributed by atoms with Gasteiger partial charge in [-0.25, -0.2) is 0 Å². The van der Waals surface area contributed by atoms with Crippen molar-refractivity contribution < 1.29 is 17.6 Å². The van der Waals surface area contributed by atoms with Gasteiger partial charge in [-0.15, -0.1) is 0 Å². The molecule has 1 atom stereocenters. The number of hydrogen-bond donors (Lipinski definition) is 0. The molecule has 0 heterocycles. The zero-order valence-electron chi connectivity index (χ0n) is 17.8. The summed E-state index contributed by atoms with van der Waals surface area (Å²) in [6.45, 7) is 8.88. The Morgan fingerprint density at radius 1 is 1.04 bits per heavy atom. The van der Waals surface area contributed by atoms with Crippen LogP contribution in [0.3, 0.4) is 0 Å². The summed E-state index contributed by atoms with van der Waals surface area (Å²) in [6, 6.07) is 9.10. The van der Waals surface area contributed by atoms with Crippen molar-refractivity contribution in [3.63, 3.8) is 0 Å². The predicted octanol–water partition coefficient (Wildman–Crippen LogP) is 8.22. The van der Waals surface area contributed by atoms with Crippen molar-refractivity contribution in [1.82, 2.24) is 0 Å². The minimum absolute atomic E-state index is 0.153. The third kappa shape index (κ3) is 5.50. The molecule has 158 valence electrons. The lowest BCUT2D eigenvalue weighted by molar-refractivity contribution is -0.137. The second kappa shape index (κ2) is 10.1. The summed E-state index contributed by atoms with van der Waals surface area (Å²) < 4.78 is 45.7. The fourth-order valence-electron chi connectivity index (χ4n) is 4.29. The van der Waals surface area contributed by atoms with Crippen LogP contribution in [0, 0.1) is 0 Å². The van der Waals surface area contributed by atoms with E-state index in [-0.39, 0.29) is 6.10 Å². The van der Waals surface area contributed by atoms with E-state index in [4.69, 9.17) is 4.43 Å². The first kappa shape index (κ1) is 23.2. The average Bonchev–Trinajstić information content (AvgIpc) is 3.14. The highest BCUT2D eigenvalue weighted by atomic mass is 28.4. The molecule has 1 nitrogen and oxygen atoms in total. The number of halogens is 3. The molecule has 1 aromatic carbocycles. The maximum absolute atomic E-state index is 13.0. The number of benzene rings is 1. The lowest BCUT2D eigenvalue weighted by Gasteiger charge is -2.33. The second-order valence-corrected chi connectivity index (χ2v) is 12.6. The van der Waals surface area contributed by atoms with Crippen LogP contribution in [-0.4, -0.2) is 14.4 Å². The number of allylic oxidation sites excluding steroid dienone is 1. The molecule has 0 spiro atoms. The molecule has 0 N–H and O–H groups in total. The van der Waals surface area contributed by atoms with E-state index in [9.17, 15) is 13.2 Å². The fourth-order valence-corrected chi connectivity index (χ4v) is 7.16. The van der Waals surface area contributed by atoms with E-state index in [0.29, 0.717) is 0 Å². The van der Waals surface area contributed by atoms with E-state index in [1.54, 1.807) is 12.1 Å². The lowest BCUT2D eigenvalue weighted by atomic mass is 9.92. The molecule has 5 heteroatoms. The predicted molar refractivity (Wildman–Crippen MR) is 114 cm³/mol. The van der Waals surface area contributed by atoms with Crippen molar-refractivity contribution in [2.45, 2.75) is 96.6 Å². The van der Waals surface area contributed by atoms with Gasteiger partial charge in [0.1, 0.15) is 0 Å². The fraction of sp³-hybridized carbons (Fsp3) is 0.652. The van der Waals surface area contributed by atoms with Crippen molar-refractivity contribution >= 4 is 13.9 Å². The molecular weight excluding hydrogens is 377 g/mol. The molecule has 1 saturated carbocycles. The molecule has 0 saturated heterocycles. The molecule has 28 heavy (non-hydrogen) atoms. The quantitative estimate of drug-likeness (QED) is 0.371. The van der Waals surface area contributed by atoms with Gasteiger partial charge >= 0.3 is 6.18 Å². The molecule has 0 amide bonds. The number of rotatable bonds is 9. The summed E-state index contributed by atoms with van der Waals surface area (Å²) in [5, 5.41) is 0. The van der Waals surface area contributed by atoms with Gasteiger partial charge in [0.05, 0.1) is 11.7 Å². The van der Waals surface area contributed by atoms with Crippen molar-refractivity contribution in [3.05, 3.63) is 41.0 Å². The molecule has 1 fully saturated rings. The van der Waals surface area contributed by atoms with E-state index in [1.807, 2.05) is 0 Å². The van der Waals surface area contributed by atoms with Crippen LogP contribution < -0.4 is 0 Å². The Hall–Kier alpha value is -1.07. The Morgan fingerprint density at radius 3 is 2.14 bits per heavy atom. The number of alkyl halides is 3. The Morgan fingerprint density at radius 2 is 1.64 bits per heavy atom. The van der Waals surface area contributed by atoms with Gasteiger partial charge in [0.2, 0.25) is 0 Å². The van der Waals surface area contributed by atoms with Gasteiger partial charge in [-0.05, 0) is 79.1 Å². The molecule has 1 aromatic rings. The maximum Gasteiger partial charge on any atom is 0.416 e. The van der Waals surface area contributed by atoms with Crippen LogP contribution in [0.25, 0.3) is 5.57 Å². The summed E-state index contributed by atoms with van der Waals surface area (Å²) in [6.07, 6.45) is 2.05. The van der Waals surface area contributed by atoms with Gasteiger partial charge in [-0.2, -0.15) is 13.2 Å². The Kier molecular flexibility index (Phi) is 8.38. The minimum Gasteiger partial charge on any atom is -0.410 e. The molecule has 1 unspecified atom stereocenters. The van der Waals surface area contributed by atoms with Crippen LogP contribution in [0.15, 0.2) is 29.8 Å². The lowest BCUT2D eigenvalue weighted by Crippen LogP contribution is -2.39. The highest BCUT2D eigenvalue weighted by Gasteiger charge is 2.36. The van der Waals surface area contributed by atoms with Gasteiger partial charge in [0, 0.05) is 0 Å². The zero-order chi connectivity index (χ0) is 20.8. The first-order chi connectivity index (χ1) is 13.3. The largest absolute Gasteiger partial charge is 0.416 e. The van der Waals surface area contributed by atoms with Crippen LogP contribution in [0.1, 0.15) is 77.3 Å². The maximum atomic E-state index is 13.0. The minimum atomic E-state index is -4.29. The van der Waals surface area contributed by atoms with E-state index >= 15 is 0 Å². The van der Waals surface area contributed by atoms with Crippen molar-refractivity contribution in [2.24, 2.45) is 0 Å². The topological polar surface area (TPSA) is 9.23 Å². The van der Waals surface area contributed by atoms with Crippen molar-refractivity contribution in [1.29, 1.82) is 0 Å². The van der Waals surface area contributed by atoms with Crippen LogP contribution in [0.2, 0.25) is 18.1 Å². The third-order valence-electron chi connectivity index (χ3n) is 6.35. The first-order valence-electron chi connectivity index (χ1n) is 10.9. The summed E-state index contributed by atoms with van der Waals surface area (Å²) in [5.74, 6) is 0. The van der Waals surface area contributed by atoms with Gasteiger partial charge in [0.25, 0.3) is 0 Å². The Balaban J connectivity index is 2.39. The average molecular weight is 413 g/mol. The van der Waals surface area contributed by atoms with Gasteiger partial charge < -0.3 is 4.43 Å². The highest BCUT2D eigenvalue weighted by molar-refractivity contribution is 6.73. The van der Waals surface area contributed by atoms with Crippen LogP contribution in [0.4, 0.5) is 13.2 Å². The standard InChI is InChI=1S/C23H35F3OSi/c1-5-9-11-20(18-14-16-19(17-15-18)23(24,25)26)21-12-10-13-22(21)27-28(6-2,7-3)8-4/h14-17,22H,5-13H2,1-4H3/b21-20+. The molecular formula is C23H35F3OSi. The molecule has 0 bridgehead atoms. The number of unbranched alkanes of at least 4 members (excludes halogenated alkanes) is 1.